The standard InChI is InChI=1S/C14H24N2O/c1-3-5-9-16(4-2)14(11-15)12-7-6-8-13(17)10-12/h6-8,10,14,17H,3-5,9,11,15H2,1-2H3. The predicted octanol–water partition coefficient (Wildman–Crippen LogP) is 2.51. The van der Waals surface area contributed by atoms with Crippen molar-refractivity contribution in [2.45, 2.75) is 32.7 Å². The van der Waals surface area contributed by atoms with E-state index in [9.17, 15) is 5.11 Å². The number of unbranched alkanes of at least 4 members (excludes halogenated alkanes) is 1. The molecular formula is C14H24N2O. The van der Waals surface area contributed by atoms with E-state index in [-0.39, 0.29) is 6.04 Å². The molecule has 1 aromatic carbocycles. The van der Waals surface area contributed by atoms with Crippen molar-refractivity contribution in [1.82, 2.24) is 4.90 Å². The quantitative estimate of drug-likeness (QED) is 0.765. The van der Waals surface area contributed by atoms with Crippen LogP contribution in [0.2, 0.25) is 0 Å². The van der Waals surface area contributed by atoms with Gasteiger partial charge >= 0.3 is 0 Å². The minimum absolute atomic E-state index is 0.207. The Kier molecular flexibility index (Phi) is 6.01. The van der Waals surface area contributed by atoms with Crippen LogP contribution in [0.25, 0.3) is 0 Å². The fourth-order valence-corrected chi connectivity index (χ4v) is 2.12. The van der Waals surface area contributed by atoms with Crippen LogP contribution in [0.5, 0.6) is 5.75 Å². The van der Waals surface area contributed by atoms with Crippen molar-refractivity contribution in [3.8, 4) is 5.75 Å². The van der Waals surface area contributed by atoms with Gasteiger partial charge in [0.25, 0.3) is 0 Å². The smallest absolute Gasteiger partial charge is 0.115 e. The summed E-state index contributed by atoms with van der Waals surface area (Å²) in [5.74, 6) is 0.312. The second-order valence-corrected chi connectivity index (χ2v) is 4.33. The molecule has 0 aromatic heterocycles. The highest BCUT2D eigenvalue weighted by atomic mass is 16.3. The van der Waals surface area contributed by atoms with Crippen LogP contribution in [-0.4, -0.2) is 29.6 Å². The van der Waals surface area contributed by atoms with Gasteiger partial charge in [-0.25, -0.2) is 0 Å². The zero-order chi connectivity index (χ0) is 12.7. The van der Waals surface area contributed by atoms with Crippen LogP contribution in [0.1, 0.15) is 38.3 Å². The molecule has 1 unspecified atom stereocenters. The van der Waals surface area contributed by atoms with Crippen molar-refractivity contribution in [2.24, 2.45) is 5.73 Å². The molecule has 96 valence electrons. The number of likely N-dealkylation sites (N-methyl/N-ethyl adjacent to an activating group) is 1. The number of hydrogen-bond donors (Lipinski definition) is 2. The summed E-state index contributed by atoms with van der Waals surface area (Å²) >= 11 is 0. The minimum Gasteiger partial charge on any atom is -0.508 e. The van der Waals surface area contributed by atoms with Crippen LogP contribution in [0.4, 0.5) is 0 Å². The van der Waals surface area contributed by atoms with Crippen molar-refractivity contribution in [1.29, 1.82) is 0 Å². The molecule has 0 aliphatic rings. The van der Waals surface area contributed by atoms with Gasteiger partial charge in [0.1, 0.15) is 5.75 Å². The summed E-state index contributed by atoms with van der Waals surface area (Å²) in [6, 6.07) is 7.62. The van der Waals surface area contributed by atoms with E-state index in [2.05, 4.69) is 18.7 Å². The number of nitrogens with zero attached hydrogens (tertiary/aromatic N) is 1. The Morgan fingerprint density at radius 3 is 2.65 bits per heavy atom. The lowest BCUT2D eigenvalue weighted by Crippen LogP contribution is -2.34. The Labute approximate surface area is 104 Å². The Morgan fingerprint density at radius 1 is 1.35 bits per heavy atom. The number of hydrogen-bond acceptors (Lipinski definition) is 3. The molecule has 17 heavy (non-hydrogen) atoms. The Bertz CT molecular complexity index is 328. The van der Waals surface area contributed by atoms with E-state index in [4.69, 9.17) is 5.73 Å². The highest BCUT2D eigenvalue weighted by Crippen LogP contribution is 2.23. The summed E-state index contributed by atoms with van der Waals surface area (Å²) in [4.78, 5) is 2.37. The van der Waals surface area contributed by atoms with Crippen molar-refractivity contribution in [3.05, 3.63) is 29.8 Å². The molecule has 1 aromatic rings. The summed E-state index contributed by atoms with van der Waals surface area (Å²) in [6.45, 7) is 6.98. The molecule has 1 rings (SSSR count). The van der Waals surface area contributed by atoms with Crippen molar-refractivity contribution < 1.29 is 5.11 Å². The zero-order valence-corrected chi connectivity index (χ0v) is 10.9. The second kappa shape index (κ2) is 7.30. The van der Waals surface area contributed by atoms with Gasteiger partial charge in [0.05, 0.1) is 0 Å². The molecule has 0 bridgehead atoms. The molecule has 0 fully saturated rings. The molecule has 0 aliphatic heterocycles. The number of nitrogens with two attached hydrogens (primary N) is 1. The third-order valence-electron chi connectivity index (χ3n) is 3.12. The van der Waals surface area contributed by atoms with Gasteiger partial charge in [-0.3, -0.25) is 4.90 Å². The first-order chi connectivity index (χ1) is 8.22. The molecular weight excluding hydrogens is 212 g/mol. The third kappa shape index (κ3) is 4.02. The summed E-state index contributed by atoms with van der Waals surface area (Å²) in [5.41, 5.74) is 6.98. The Morgan fingerprint density at radius 2 is 2.12 bits per heavy atom. The molecule has 0 saturated carbocycles. The average Bonchev–Trinajstić information content (AvgIpc) is 2.34. The molecule has 0 spiro atoms. The molecule has 0 radical (unpaired) electrons. The van der Waals surface area contributed by atoms with Gasteiger partial charge < -0.3 is 10.8 Å². The normalized spacial score (nSPS) is 12.9. The van der Waals surface area contributed by atoms with Crippen LogP contribution in [0, 0.1) is 0 Å². The largest absolute Gasteiger partial charge is 0.508 e. The van der Waals surface area contributed by atoms with Crippen LogP contribution >= 0.6 is 0 Å². The van der Waals surface area contributed by atoms with Gasteiger partial charge in [0, 0.05) is 12.6 Å². The van der Waals surface area contributed by atoms with E-state index < -0.39 is 0 Å². The topological polar surface area (TPSA) is 49.5 Å². The first-order valence-corrected chi connectivity index (χ1v) is 6.46. The van der Waals surface area contributed by atoms with E-state index >= 15 is 0 Å². The lowest BCUT2D eigenvalue weighted by atomic mass is 10.0. The van der Waals surface area contributed by atoms with Crippen LogP contribution in [-0.2, 0) is 0 Å². The fourth-order valence-electron chi connectivity index (χ4n) is 2.12. The van der Waals surface area contributed by atoms with Gasteiger partial charge in [-0.05, 0) is 37.2 Å². The average molecular weight is 236 g/mol. The lowest BCUT2D eigenvalue weighted by Gasteiger charge is -2.30. The summed E-state index contributed by atoms with van der Waals surface area (Å²) in [5, 5.41) is 9.53. The maximum Gasteiger partial charge on any atom is 0.115 e. The van der Waals surface area contributed by atoms with Gasteiger partial charge in [-0.1, -0.05) is 32.4 Å². The first kappa shape index (κ1) is 14.0. The molecule has 3 nitrogen and oxygen atoms in total. The van der Waals surface area contributed by atoms with E-state index in [1.807, 2.05) is 18.2 Å². The number of benzene rings is 1. The third-order valence-corrected chi connectivity index (χ3v) is 3.12. The SMILES string of the molecule is CCCCN(CC)C(CN)c1cccc(O)c1. The molecule has 0 aliphatic carbocycles. The lowest BCUT2D eigenvalue weighted by molar-refractivity contribution is 0.209. The molecule has 0 amide bonds. The van der Waals surface area contributed by atoms with E-state index in [0.29, 0.717) is 12.3 Å². The Balaban J connectivity index is 2.81. The molecule has 3 N–H and O–H groups in total. The second-order valence-electron chi connectivity index (χ2n) is 4.33. The maximum absolute atomic E-state index is 9.53. The number of aromatic hydroxyl groups is 1. The van der Waals surface area contributed by atoms with Crippen LogP contribution in [0.15, 0.2) is 24.3 Å². The van der Waals surface area contributed by atoms with E-state index in [1.165, 1.54) is 12.8 Å². The minimum atomic E-state index is 0.207. The highest BCUT2D eigenvalue weighted by molar-refractivity contribution is 5.29. The zero-order valence-electron chi connectivity index (χ0n) is 10.9. The Hall–Kier alpha value is -1.06. The molecule has 1 atom stereocenters. The van der Waals surface area contributed by atoms with Gasteiger partial charge in [-0.2, -0.15) is 0 Å². The molecule has 0 saturated heterocycles. The number of phenols is 1. The summed E-state index contributed by atoms with van der Waals surface area (Å²) < 4.78 is 0. The van der Waals surface area contributed by atoms with Crippen molar-refractivity contribution in [3.63, 3.8) is 0 Å². The van der Waals surface area contributed by atoms with Gasteiger partial charge in [0.2, 0.25) is 0 Å². The van der Waals surface area contributed by atoms with Crippen molar-refractivity contribution in [2.75, 3.05) is 19.6 Å². The summed E-state index contributed by atoms with van der Waals surface area (Å²) in [7, 11) is 0. The first-order valence-electron chi connectivity index (χ1n) is 6.46. The summed E-state index contributed by atoms with van der Waals surface area (Å²) in [6.07, 6.45) is 2.37. The molecule has 0 heterocycles. The number of phenolic OH excluding ortho intramolecular Hbond substituents is 1. The van der Waals surface area contributed by atoms with E-state index in [1.54, 1.807) is 6.07 Å². The van der Waals surface area contributed by atoms with Crippen LogP contribution < -0.4 is 5.73 Å². The van der Waals surface area contributed by atoms with Gasteiger partial charge in [-0.15, -0.1) is 0 Å². The fraction of sp³-hybridized carbons (Fsp3) is 0.571. The predicted molar refractivity (Wildman–Crippen MR) is 72.1 cm³/mol. The maximum atomic E-state index is 9.53. The number of rotatable bonds is 7. The van der Waals surface area contributed by atoms with Gasteiger partial charge in [0.15, 0.2) is 0 Å². The monoisotopic (exact) mass is 236 g/mol. The molecule has 3 heteroatoms. The highest BCUT2D eigenvalue weighted by Gasteiger charge is 2.17. The van der Waals surface area contributed by atoms with Crippen LogP contribution in [0.3, 0.4) is 0 Å². The van der Waals surface area contributed by atoms with E-state index in [0.717, 1.165) is 18.7 Å². The van der Waals surface area contributed by atoms with Crippen molar-refractivity contribution >= 4 is 0 Å².